The summed E-state index contributed by atoms with van der Waals surface area (Å²) in [6.07, 6.45) is 3.49. The van der Waals surface area contributed by atoms with E-state index in [0.29, 0.717) is 0 Å². The average molecular weight is 284 g/mol. The Kier molecular flexibility index (Phi) is 4.04. The second-order valence-electron chi connectivity index (χ2n) is 6.77. The molecule has 1 atom stereocenters. The molecule has 0 aliphatic heterocycles. The van der Waals surface area contributed by atoms with E-state index in [1.807, 2.05) is 27.0 Å². The van der Waals surface area contributed by atoms with Gasteiger partial charge in [-0.3, -0.25) is 9.36 Å². The number of aromatic nitrogens is 2. The number of imidazole rings is 1. The van der Waals surface area contributed by atoms with Gasteiger partial charge in [0, 0.05) is 17.5 Å². The first-order valence-corrected chi connectivity index (χ1v) is 7.36. The summed E-state index contributed by atoms with van der Waals surface area (Å²) in [5, 5.41) is 0. The van der Waals surface area contributed by atoms with Gasteiger partial charge in [-0.1, -0.05) is 45.9 Å². The summed E-state index contributed by atoms with van der Waals surface area (Å²) in [6, 6.07) is 6.33. The van der Waals surface area contributed by atoms with E-state index in [4.69, 9.17) is 0 Å². The van der Waals surface area contributed by atoms with Gasteiger partial charge in [-0.15, -0.1) is 0 Å². The molecule has 0 saturated carbocycles. The summed E-state index contributed by atoms with van der Waals surface area (Å²) in [5.41, 5.74) is 4.37. The molecule has 0 N–H and O–H groups in total. The van der Waals surface area contributed by atoms with Crippen LogP contribution in [0.3, 0.4) is 0 Å². The Labute approximate surface area is 127 Å². The van der Waals surface area contributed by atoms with Crippen molar-refractivity contribution in [2.75, 3.05) is 0 Å². The van der Waals surface area contributed by atoms with Crippen LogP contribution in [0.25, 0.3) is 0 Å². The second-order valence-corrected chi connectivity index (χ2v) is 6.77. The predicted octanol–water partition coefficient (Wildman–Crippen LogP) is 4.34. The molecule has 1 heterocycles. The number of carbonyl (C=O) groups is 1. The van der Waals surface area contributed by atoms with Crippen molar-refractivity contribution in [3.63, 3.8) is 0 Å². The summed E-state index contributed by atoms with van der Waals surface area (Å²) in [5.74, 6) is 0.244. The molecule has 0 bridgehead atoms. The second kappa shape index (κ2) is 5.47. The number of hydrogen-bond acceptors (Lipinski definition) is 2. The number of benzene rings is 1. The third-order valence-corrected chi connectivity index (χ3v) is 4.04. The highest BCUT2D eigenvalue weighted by molar-refractivity contribution is 5.83. The molecule has 3 heteroatoms. The Hall–Kier alpha value is -1.90. The lowest BCUT2D eigenvalue weighted by Crippen LogP contribution is -2.25. The molecule has 21 heavy (non-hydrogen) atoms. The molecule has 0 saturated heterocycles. The van der Waals surface area contributed by atoms with Crippen LogP contribution in [0.15, 0.2) is 30.7 Å². The molecule has 0 aliphatic rings. The summed E-state index contributed by atoms with van der Waals surface area (Å²) in [4.78, 5) is 16.7. The van der Waals surface area contributed by atoms with E-state index in [9.17, 15) is 4.79 Å². The maximum Gasteiger partial charge on any atom is 0.237 e. The lowest BCUT2D eigenvalue weighted by molar-refractivity contribution is 0.0766. The van der Waals surface area contributed by atoms with Crippen molar-refractivity contribution in [2.45, 2.75) is 47.5 Å². The van der Waals surface area contributed by atoms with Gasteiger partial charge >= 0.3 is 0 Å². The van der Waals surface area contributed by atoms with Crippen LogP contribution in [0.5, 0.6) is 0 Å². The van der Waals surface area contributed by atoms with Gasteiger partial charge in [-0.25, -0.2) is 4.98 Å². The van der Waals surface area contributed by atoms with Gasteiger partial charge in [-0.05, 0) is 30.5 Å². The van der Waals surface area contributed by atoms with Crippen molar-refractivity contribution in [1.82, 2.24) is 9.55 Å². The molecule has 3 nitrogen and oxygen atoms in total. The van der Waals surface area contributed by atoms with E-state index in [0.717, 1.165) is 5.69 Å². The summed E-state index contributed by atoms with van der Waals surface area (Å²) < 4.78 is 1.61. The number of aryl methyl sites for hydroxylation is 1. The Morgan fingerprint density at radius 1 is 1.24 bits per heavy atom. The van der Waals surface area contributed by atoms with Crippen molar-refractivity contribution < 1.29 is 4.79 Å². The maximum absolute atomic E-state index is 12.3. The van der Waals surface area contributed by atoms with E-state index >= 15 is 0 Å². The molecule has 0 radical (unpaired) electrons. The highest BCUT2D eigenvalue weighted by Crippen LogP contribution is 2.27. The highest BCUT2D eigenvalue weighted by Gasteiger charge is 2.24. The van der Waals surface area contributed by atoms with Crippen LogP contribution in [0.4, 0.5) is 0 Å². The minimum Gasteiger partial charge on any atom is -0.276 e. The van der Waals surface area contributed by atoms with Crippen LogP contribution in [-0.4, -0.2) is 15.5 Å². The van der Waals surface area contributed by atoms with Gasteiger partial charge in [0.15, 0.2) is 0 Å². The lowest BCUT2D eigenvalue weighted by Gasteiger charge is -2.16. The predicted molar refractivity (Wildman–Crippen MR) is 85.7 cm³/mol. The van der Waals surface area contributed by atoms with E-state index in [-0.39, 0.29) is 11.8 Å². The monoisotopic (exact) mass is 284 g/mol. The molecule has 112 valence electrons. The largest absolute Gasteiger partial charge is 0.276 e. The number of hydrogen-bond donors (Lipinski definition) is 0. The van der Waals surface area contributed by atoms with Gasteiger partial charge in [0.1, 0.15) is 6.33 Å². The molecule has 0 unspecified atom stereocenters. The van der Waals surface area contributed by atoms with Gasteiger partial charge < -0.3 is 0 Å². The van der Waals surface area contributed by atoms with E-state index in [2.05, 4.69) is 44.0 Å². The minimum absolute atomic E-state index is 0.0643. The van der Waals surface area contributed by atoms with E-state index < -0.39 is 5.41 Å². The SMILES string of the molecule is Cc1cccc([C@H](C)c2cn(C(=O)C(C)(C)C)cn2)c1C. The van der Waals surface area contributed by atoms with Crippen molar-refractivity contribution in [2.24, 2.45) is 5.41 Å². The molecule has 1 aromatic heterocycles. The molecular weight excluding hydrogens is 260 g/mol. The van der Waals surface area contributed by atoms with Gasteiger partial charge in [0.2, 0.25) is 5.91 Å². The molecule has 1 aromatic carbocycles. The zero-order valence-electron chi connectivity index (χ0n) is 13.8. The van der Waals surface area contributed by atoms with Gasteiger partial charge in [0.05, 0.1) is 5.69 Å². The molecule has 2 rings (SSSR count). The standard InChI is InChI=1S/C18H24N2O/c1-12-8-7-9-15(13(12)2)14(3)16-10-20(11-19-16)17(21)18(4,5)6/h7-11,14H,1-6H3/t14-/m0/s1. The van der Waals surface area contributed by atoms with Crippen molar-refractivity contribution in [3.8, 4) is 0 Å². The third-order valence-electron chi connectivity index (χ3n) is 4.04. The van der Waals surface area contributed by atoms with Crippen LogP contribution in [0, 0.1) is 19.3 Å². The third kappa shape index (κ3) is 3.07. The van der Waals surface area contributed by atoms with Crippen LogP contribution in [0.1, 0.15) is 60.8 Å². The molecular formula is C18H24N2O. The van der Waals surface area contributed by atoms with Crippen molar-refractivity contribution >= 4 is 5.91 Å². The van der Waals surface area contributed by atoms with E-state index in [1.165, 1.54) is 16.7 Å². The van der Waals surface area contributed by atoms with Crippen molar-refractivity contribution in [1.29, 1.82) is 0 Å². The Morgan fingerprint density at radius 3 is 2.52 bits per heavy atom. The molecule has 0 spiro atoms. The topological polar surface area (TPSA) is 34.9 Å². The van der Waals surface area contributed by atoms with Gasteiger partial charge in [-0.2, -0.15) is 0 Å². The van der Waals surface area contributed by atoms with Crippen LogP contribution in [-0.2, 0) is 0 Å². The van der Waals surface area contributed by atoms with Crippen LogP contribution in [0.2, 0.25) is 0 Å². The maximum atomic E-state index is 12.3. The normalized spacial score (nSPS) is 13.2. The average Bonchev–Trinajstić information content (AvgIpc) is 2.88. The quantitative estimate of drug-likeness (QED) is 0.822. The zero-order chi connectivity index (χ0) is 15.8. The first kappa shape index (κ1) is 15.5. The smallest absolute Gasteiger partial charge is 0.237 e. The Balaban J connectivity index is 2.33. The highest BCUT2D eigenvalue weighted by atomic mass is 16.2. The molecule has 0 amide bonds. The fraction of sp³-hybridized carbons (Fsp3) is 0.444. The number of carbonyl (C=O) groups excluding carboxylic acids is 1. The first-order chi connectivity index (χ1) is 9.71. The fourth-order valence-corrected chi connectivity index (χ4v) is 2.46. The summed E-state index contributed by atoms with van der Waals surface area (Å²) in [6.45, 7) is 12.1. The lowest BCUT2D eigenvalue weighted by atomic mass is 9.91. The van der Waals surface area contributed by atoms with Crippen LogP contribution < -0.4 is 0 Å². The molecule has 0 aliphatic carbocycles. The summed E-state index contributed by atoms with van der Waals surface area (Å²) in [7, 11) is 0. The molecule has 0 fully saturated rings. The Bertz CT molecular complexity index is 662. The number of nitrogens with zero attached hydrogens (tertiary/aromatic N) is 2. The number of rotatable bonds is 2. The van der Waals surface area contributed by atoms with Gasteiger partial charge in [0.25, 0.3) is 0 Å². The Morgan fingerprint density at radius 2 is 1.90 bits per heavy atom. The summed E-state index contributed by atoms with van der Waals surface area (Å²) >= 11 is 0. The molecule has 2 aromatic rings. The van der Waals surface area contributed by atoms with Crippen LogP contribution >= 0.6 is 0 Å². The fourth-order valence-electron chi connectivity index (χ4n) is 2.46. The van der Waals surface area contributed by atoms with E-state index in [1.54, 1.807) is 10.9 Å². The zero-order valence-corrected chi connectivity index (χ0v) is 13.8. The first-order valence-electron chi connectivity index (χ1n) is 7.36. The van der Waals surface area contributed by atoms with Crippen molar-refractivity contribution in [3.05, 3.63) is 53.1 Å². The minimum atomic E-state index is -0.402.